The first-order valence-electron chi connectivity index (χ1n) is 1.22. The van der Waals surface area contributed by atoms with Crippen molar-refractivity contribution in [1.82, 2.24) is 5.43 Å². The number of hydrogen-bond acceptors (Lipinski definition) is 3. The number of hydrogen-bond donors (Lipinski definition) is 2. The van der Waals surface area contributed by atoms with Crippen LogP contribution in [0.25, 0.3) is 0 Å². The minimum absolute atomic E-state index is 0.824. The molecule has 0 spiro atoms. The van der Waals surface area contributed by atoms with E-state index in [0.717, 1.165) is 0 Å². The summed E-state index contributed by atoms with van der Waals surface area (Å²) in [7, 11) is 0. The van der Waals surface area contributed by atoms with Crippen molar-refractivity contribution in [1.29, 1.82) is 5.26 Å². The van der Waals surface area contributed by atoms with Gasteiger partial charge in [0, 0.05) is 0 Å². The Bertz CT molecular complexity index is 91.5. The van der Waals surface area contributed by atoms with Crippen LogP contribution in [0.15, 0.2) is 0 Å². The summed E-state index contributed by atoms with van der Waals surface area (Å²) in [6.07, 6.45) is 0. The van der Waals surface area contributed by atoms with Crippen LogP contribution in [0, 0.1) is 11.3 Å². The quantitative estimate of drug-likeness (QED) is 0.162. The molecule has 0 saturated heterocycles. The van der Waals surface area contributed by atoms with E-state index < -0.39 is 5.91 Å². The summed E-state index contributed by atoms with van der Waals surface area (Å²) in [5.41, 5.74) is 1.61. The van der Waals surface area contributed by atoms with E-state index in [2.05, 4.69) is 5.84 Å². The van der Waals surface area contributed by atoms with Crippen LogP contribution in [0.4, 0.5) is 0 Å². The number of nitrogens with two attached hydrogens (primary N) is 1. The minimum atomic E-state index is -0.824. The Morgan fingerprint density at radius 1 is 2.00 bits per heavy atom. The van der Waals surface area contributed by atoms with Gasteiger partial charge in [0.1, 0.15) is 0 Å². The van der Waals surface area contributed by atoms with Crippen molar-refractivity contribution >= 4 is 5.91 Å². The number of carbonyl (C=O) groups is 1. The molecular formula is C2H3N3O. The van der Waals surface area contributed by atoms with Crippen LogP contribution >= 0.6 is 0 Å². The highest BCUT2D eigenvalue weighted by Crippen LogP contribution is 1.44. The maximum absolute atomic E-state index is 9.58. The van der Waals surface area contributed by atoms with Gasteiger partial charge in [-0.05, 0) is 0 Å². The first-order chi connectivity index (χ1) is 2.81. The number of nitriles is 1. The first-order valence-corrected chi connectivity index (χ1v) is 1.22. The smallest absolute Gasteiger partial charge is 0.281 e. The van der Waals surface area contributed by atoms with Gasteiger partial charge in [0.2, 0.25) is 0 Å². The van der Waals surface area contributed by atoms with Crippen LogP contribution in [0.5, 0.6) is 0 Å². The molecule has 0 rings (SSSR count). The summed E-state index contributed by atoms with van der Waals surface area (Å²) < 4.78 is 0. The molecule has 3 N–H and O–H groups in total. The zero-order chi connectivity index (χ0) is 4.99. The van der Waals surface area contributed by atoms with Crippen LogP contribution in [0.3, 0.4) is 0 Å². The Morgan fingerprint density at radius 3 is 2.50 bits per heavy atom. The minimum Gasteiger partial charge on any atom is -0.281 e. The van der Waals surface area contributed by atoms with Crippen LogP contribution in [-0.2, 0) is 4.79 Å². The highest BCUT2D eigenvalue weighted by atomic mass is 16.2. The third-order valence-electron chi connectivity index (χ3n) is 0.233. The number of amides is 1. The summed E-state index contributed by atoms with van der Waals surface area (Å²) >= 11 is 0. The molecule has 6 heavy (non-hydrogen) atoms. The monoisotopic (exact) mass is 85.0 g/mol. The van der Waals surface area contributed by atoms with Crippen molar-refractivity contribution in [2.45, 2.75) is 0 Å². The molecular weight excluding hydrogens is 82.0 g/mol. The summed E-state index contributed by atoms with van der Waals surface area (Å²) in [6, 6.07) is 1.24. The number of hydrazine groups is 1. The van der Waals surface area contributed by atoms with Gasteiger partial charge in [-0.15, -0.1) is 0 Å². The maximum Gasteiger partial charge on any atom is 0.336 e. The van der Waals surface area contributed by atoms with E-state index in [4.69, 9.17) is 5.26 Å². The predicted octanol–water partition coefficient (Wildman–Crippen LogP) is -1.50. The second-order valence-electron chi connectivity index (χ2n) is 0.585. The van der Waals surface area contributed by atoms with E-state index in [0.29, 0.717) is 0 Å². The van der Waals surface area contributed by atoms with Gasteiger partial charge in [-0.3, -0.25) is 10.2 Å². The molecule has 4 heteroatoms. The van der Waals surface area contributed by atoms with E-state index in [1.54, 1.807) is 5.43 Å². The Morgan fingerprint density at radius 2 is 2.50 bits per heavy atom. The topological polar surface area (TPSA) is 78.9 Å². The zero-order valence-electron chi connectivity index (χ0n) is 2.93. The number of nitrogens with zero attached hydrogens (tertiary/aromatic N) is 1. The van der Waals surface area contributed by atoms with Gasteiger partial charge >= 0.3 is 5.91 Å². The Kier molecular flexibility index (Phi) is 1.78. The van der Waals surface area contributed by atoms with Crippen molar-refractivity contribution < 1.29 is 4.79 Å². The molecule has 0 aromatic rings. The average Bonchev–Trinajstić information content (AvgIpc) is 1.65. The number of carbonyl (C=O) groups excluding carboxylic acids is 1. The Labute approximate surface area is 34.5 Å². The molecule has 0 atom stereocenters. The van der Waals surface area contributed by atoms with E-state index in [9.17, 15) is 4.79 Å². The lowest BCUT2D eigenvalue weighted by atomic mass is 10.7. The van der Waals surface area contributed by atoms with E-state index in [1.165, 1.54) is 6.07 Å². The number of rotatable bonds is 0. The molecule has 0 aliphatic rings. The van der Waals surface area contributed by atoms with Gasteiger partial charge in [0.05, 0.1) is 0 Å². The summed E-state index contributed by atoms with van der Waals surface area (Å²) in [5, 5.41) is 7.59. The highest BCUT2D eigenvalue weighted by molar-refractivity contribution is 5.90. The largest absolute Gasteiger partial charge is 0.336 e. The lowest BCUT2D eigenvalue weighted by Crippen LogP contribution is -2.28. The zero-order valence-corrected chi connectivity index (χ0v) is 2.93. The fourth-order valence-electron chi connectivity index (χ4n) is 0.0323. The molecule has 0 aromatic carbocycles. The third-order valence-corrected chi connectivity index (χ3v) is 0.233. The molecule has 0 fully saturated rings. The Hall–Kier alpha value is -1.08. The predicted molar refractivity (Wildman–Crippen MR) is 17.9 cm³/mol. The van der Waals surface area contributed by atoms with E-state index in [1.807, 2.05) is 0 Å². The van der Waals surface area contributed by atoms with Gasteiger partial charge in [0.15, 0.2) is 6.07 Å². The van der Waals surface area contributed by atoms with E-state index >= 15 is 0 Å². The van der Waals surface area contributed by atoms with Gasteiger partial charge in [-0.2, -0.15) is 5.26 Å². The highest BCUT2D eigenvalue weighted by Gasteiger charge is 1.84. The third kappa shape index (κ3) is 1.26. The van der Waals surface area contributed by atoms with Crippen molar-refractivity contribution in [2.75, 3.05) is 0 Å². The van der Waals surface area contributed by atoms with Crippen LogP contribution in [-0.4, -0.2) is 5.91 Å². The molecule has 0 unspecified atom stereocenters. The molecule has 0 saturated carbocycles. The summed E-state index contributed by atoms with van der Waals surface area (Å²) in [6.45, 7) is 0. The Balaban J connectivity index is 3.33. The molecule has 1 amide bonds. The van der Waals surface area contributed by atoms with E-state index in [-0.39, 0.29) is 0 Å². The fourth-order valence-corrected chi connectivity index (χ4v) is 0.0323. The SMILES string of the molecule is N#CC(=O)NN. The summed E-state index contributed by atoms with van der Waals surface area (Å²) in [5.74, 6) is 3.64. The second-order valence-corrected chi connectivity index (χ2v) is 0.585. The lowest BCUT2D eigenvalue weighted by molar-refractivity contribution is -0.115. The van der Waals surface area contributed by atoms with Crippen molar-refractivity contribution in [2.24, 2.45) is 5.84 Å². The normalized spacial score (nSPS) is 6.00. The first kappa shape index (κ1) is 4.92. The average molecular weight is 85.1 g/mol. The van der Waals surface area contributed by atoms with Crippen molar-refractivity contribution in [3.8, 4) is 6.07 Å². The molecule has 4 nitrogen and oxygen atoms in total. The van der Waals surface area contributed by atoms with Gasteiger partial charge in [-0.25, -0.2) is 5.84 Å². The fraction of sp³-hybridized carbons (Fsp3) is 0. The van der Waals surface area contributed by atoms with Crippen LogP contribution in [0.1, 0.15) is 0 Å². The van der Waals surface area contributed by atoms with Gasteiger partial charge < -0.3 is 0 Å². The number of nitrogens with one attached hydrogen (secondary N) is 1. The van der Waals surface area contributed by atoms with Gasteiger partial charge in [0.25, 0.3) is 0 Å². The van der Waals surface area contributed by atoms with Crippen molar-refractivity contribution in [3.63, 3.8) is 0 Å². The molecule has 0 aromatic heterocycles. The molecule has 32 valence electrons. The maximum atomic E-state index is 9.58. The molecule has 0 heterocycles. The second kappa shape index (κ2) is 2.18. The van der Waals surface area contributed by atoms with Gasteiger partial charge in [-0.1, -0.05) is 0 Å². The molecule has 0 radical (unpaired) electrons. The van der Waals surface area contributed by atoms with Crippen molar-refractivity contribution in [3.05, 3.63) is 0 Å². The van der Waals surface area contributed by atoms with Crippen LogP contribution in [0.2, 0.25) is 0 Å². The molecule has 0 aliphatic heterocycles. The standard InChI is InChI=1S/C2H3N3O/c3-1-2(6)5-4/h4H2,(H,5,6). The summed E-state index contributed by atoms with van der Waals surface area (Å²) in [4.78, 5) is 9.58. The lowest BCUT2D eigenvalue weighted by Gasteiger charge is -1.77. The molecule has 0 aliphatic carbocycles. The molecule has 0 bridgehead atoms. The van der Waals surface area contributed by atoms with Crippen LogP contribution < -0.4 is 11.3 Å².